The minimum atomic E-state index is 0.00138. The number of rotatable bonds is 6. The van der Waals surface area contributed by atoms with Crippen LogP contribution < -0.4 is 15.4 Å². The van der Waals surface area contributed by atoms with E-state index in [4.69, 9.17) is 27.1 Å². The summed E-state index contributed by atoms with van der Waals surface area (Å²) in [4.78, 5) is 32.1. The second-order valence-corrected chi connectivity index (χ2v) is 13.4. The van der Waals surface area contributed by atoms with Crippen molar-refractivity contribution in [2.75, 3.05) is 31.6 Å². The van der Waals surface area contributed by atoms with Crippen molar-refractivity contribution in [2.24, 2.45) is 17.6 Å². The Labute approximate surface area is 258 Å². The Bertz CT molecular complexity index is 1900. The lowest BCUT2D eigenvalue weighted by Gasteiger charge is -2.40. The maximum Gasteiger partial charge on any atom is 0.254 e. The predicted octanol–water partition coefficient (Wildman–Crippen LogP) is 5.38. The molecule has 3 aromatic heterocycles. The first-order valence-corrected chi connectivity index (χ1v) is 16.0. The van der Waals surface area contributed by atoms with E-state index in [1.807, 2.05) is 48.4 Å². The number of thiophene rings is 1. The maximum absolute atomic E-state index is 13.8. The fraction of sp³-hybridized carbons (Fsp3) is 0.375. The standard InChI is InChI=1S/C32H32ClN7O2S/c1-17-35-8-7-28(36-17)38-12-18(13-38)14-40-30-24(37-31(40)23-16-43-27-6-4-21(33)11-22(23)27)9-20(10-26(30)42-2)32(41)39-15-19-3-5-25(39)29(19)34/h4,6-11,16,18-19,25,29H,3,5,12-15,34H2,1-2H3/t19?,25?,29-/m1/s1. The van der Waals surface area contributed by atoms with Crippen LogP contribution in [0.1, 0.15) is 29.0 Å². The van der Waals surface area contributed by atoms with Crippen LogP contribution in [0.15, 0.2) is 48.0 Å². The van der Waals surface area contributed by atoms with Crippen molar-refractivity contribution in [1.29, 1.82) is 0 Å². The van der Waals surface area contributed by atoms with Crippen LogP contribution in [-0.2, 0) is 6.54 Å². The van der Waals surface area contributed by atoms with Crippen LogP contribution in [0, 0.1) is 18.8 Å². The Kier molecular flexibility index (Phi) is 6.36. The lowest BCUT2D eigenvalue weighted by atomic mass is 9.99. The Morgan fingerprint density at radius 3 is 2.74 bits per heavy atom. The van der Waals surface area contributed by atoms with Gasteiger partial charge in [-0.25, -0.2) is 15.0 Å². The normalized spacial score (nSPS) is 21.7. The molecular weight excluding hydrogens is 582 g/mol. The van der Waals surface area contributed by atoms with E-state index < -0.39 is 0 Å². The van der Waals surface area contributed by atoms with Crippen molar-refractivity contribution in [3.8, 4) is 17.1 Å². The number of likely N-dealkylation sites (tertiary alicyclic amines) is 1. The van der Waals surface area contributed by atoms with Crippen molar-refractivity contribution in [2.45, 2.75) is 38.4 Å². The summed E-state index contributed by atoms with van der Waals surface area (Å²) in [7, 11) is 1.66. The summed E-state index contributed by atoms with van der Waals surface area (Å²) in [5.41, 5.74) is 9.69. The fourth-order valence-corrected chi connectivity index (χ4v) is 8.36. The molecule has 220 valence electrons. The Hall–Kier alpha value is -3.73. The molecule has 2 N–H and O–H groups in total. The summed E-state index contributed by atoms with van der Waals surface area (Å²) in [6.07, 6.45) is 3.88. The first-order chi connectivity index (χ1) is 20.9. The molecule has 1 saturated carbocycles. The van der Waals surface area contributed by atoms with Gasteiger partial charge >= 0.3 is 0 Å². The third-order valence-electron chi connectivity index (χ3n) is 9.45. The van der Waals surface area contributed by atoms with Crippen LogP contribution in [0.25, 0.3) is 32.5 Å². The van der Waals surface area contributed by atoms with Crippen LogP contribution in [0.5, 0.6) is 5.75 Å². The second-order valence-electron chi connectivity index (χ2n) is 12.1. The summed E-state index contributed by atoms with van der Waals surface area (Å²) in [6.45, 7) is 5.13. The SMILES string of the molecule is COc1cc(C(=O)N2CC3CCC2[C@@H]3N)cc2nc(-c3csc4ccc(Cl)cc34)n(CC3CN(c4ccnc(C)n4)C3)c12. The minimum absolute atomic E-state index is 0.00138. The molecule has 11 heteroatoms. The number of imidazole rings is 1. The minimum Gasteiger partial charge on any atom is -0.494 e. The fourth-order valence-electron chi connectivity index (χ4n) is 7.27. The Balaban J connectivity index is 1.20. The molecule has 2 unspecified atom stereocenters. The van der Waals surface area contributed by atoms with Gasteiger partial charge in [-0.2, -0.15) is 0 Å². The third-order valence-corrected chi connectivity index (χ3v) is 10.6. The van der Waals surface area contributed by atoms with Crippen molar-refractivity contribution in [3.63, 3.8) is 0 Å². The Morgan fingerprint density at radius 2 is 2.00 bits per heavy atom. The van der Waals surface area contributed by atoms with Crippen LogP contribution in [0.3, 0.4) is 0 Å². The van der Waals surface area contributed by atoms with Crippen LogP contribution in [0.2, 0.25) is 5.02 Å². The van der Waals surface area contributed by atoms with Crippen molar-refractivity contribution < 1.29 is 9.53 Å². The molecule has 3 aliphatic rings. The van der Waals surface area contributed by atoms with Crippen molar-refractivity contribution >= 4 is 55.8 Å². The van der Waals surface area contributed by atoms with Crippen LogP contribution in [-0.4, -0.2) is 69.2 Å². The zero-order valence-corrected chi connectivity index (χ0v) is 25.6. The number of amides is 1. The number of nitrogens with two attached hydrogens (primary N) is 1. The highest BCUT2D eigenvalue weighted by Crippen LogP contribution is 2.41. The summed E-state index contributed by atoms with van der Waals surface area (Å²) >= 11 is 8.13. The molecule has 1 amide bonds. The molecule has 8 rings (SSSR count). The van der Waals surface area contributed by atoms with Crippen LogP contribution in [0.4, 0.5) is 5.82 Å². The average molecular weight is 614 g/mol. The van der Waals surface area contributed by atoms with Gasteiger partial charge in [0.2, 0.25) is 0 Å². The van der Waals surface area contributed by atoms with Gasteiger partial charge < -0.3 is 24.8 Å². The summed E-state index contributed by atoms with van der Waals surface area (Å²) in [5.74, 6) is 3.99. The van der Waals surface area contributed by atoms with Crippen molar-refractivity contribution in [3.05, 3.63) is 64.4 Å². The van der Waals surface area contributed by atoms with E-state index in [1.54, 1.807) is 18.4 Å². The molecule has 3 atom stereocenters. The third kappa shape index (κ3) is 4.38. The van der Waals surface area contributed by atoms with Gasteiger partial charge in [-0.3, -0.25) is 4.79 Å². The average Bonchev–Trinajstić information content (AvgIpc) is 3.74. The van der Waals surface area contributed by atoms with Gasteiger partial charge in [0.1, 0.15) is 28.7 Å². The molecule has 43 heavy (non-hydrogen) atoms. The van der Waals surface area contributed by atoms with Gasteiger partial charge in [-0.05, 0) is 62.1 Å². The highest BCUT2D eigenvalue weighted by atomic mass is 35.5. The van der Waals surface area contributed by atoms with Gasteiger partial charge in [0.05, 0.1) is 12.6 Å². The Morgan fingerprint density at radius 1 is 1.14 bits per heavy atom. The molecule has 2 bridgehead atoms. The number of nitrogens with zero attached hydrogens (tertiary/aromatic N) is 6. The first-order valence-electron chi connectivity index (χ1n) is 14.7. The number of benzene rings is 2. The number of aryl methyl sites for hydroxylation is 1. The highest BCUT2D eigenvalue weighted by molar-refractivity contribution is 7.17. The maximum atomic E-state index is 13.8. The smallest absolute Gasteiger partial charge is 0.254 e. The molecule has 0 spiro atoms. The molecule has 1 aliphatic carbocycles. The number of anilines is 1. The molecule has 9 nitrogen and oxygen atoms in total. The highest BCUT2D eigenvalue weighted by Gasteiger charge is 2.47. The largest absolute Gasteiger partial charge is 0.494 e. The quantitative estimate of drug-likeness (QED) is 0.274. The number of halogens is 1. The van der Waals surface area contributed by atoms with E-state index in [2.05, 4.69) is 30.9 Å². The molecule has 0 radical (unpaired) electrons. The monoisotopic (exact) mass is 613 g/mol. The molecule has 5 aromatic rings. The molecule has 3 fully saturated rings. The van der Waals surface area contributed by atoms with E-state index in [0.717, 1.165) is 83.2 Å². The zero-order chi connectivity index (χ0) is 29.4. The first kappa shape index (κ1) is 26.9. The molecule has 5 heterocycles. The second kappa shape index (κ2) is 10.2. The van der Waals surface area contributed by atoms with Gasteiger partial charge in [0.25, 0.3) is 5.91 Å². The van der Waals surface area contributed by atoms with Gasteiger partial charge in [-0.15, -0.1) is 11.3 Å². The summed E-state index contributed by atoms with van der Waals surface area (Å²) < 4.78 is 9.39. The topological polar surface area (TPSA) is 102 Å². The number of fused-ring (bicyclic) bond motifs is 4. The molecular formula is C32H32ClN7O2S. The number of carbonyl (C=O) groups excluding carboxylic acids is 1. The number of aromatic nitrogens is 4. The number of methoxy groups -OCH3 is 1. The number of carbonyl (C=O) groups is 1. The number of hydrogen-bond acceptors (Lipinski definition) is 8. The van der Waals surface area contributed by atoms with E-state index in [0.29, 0.717) is 28.2 Å². The lowest BCUT2D eigenvalue weighted by molar-refractivity contribution is 0.0700. The summed E-state index contributed by atoms with van der Waals surface area (Å²) in [6, 6.07) is 11.9. The molecule has 2 aliphatic heterocycles. The predicted molar refractivity (Wildman–Crippen MR) is 170 cm³/mol. The summed E-state index contributed by atoms with van der Waals surface area (Å²) in [5, 5.41) is 3.90. The number of ether oxygens (including phenoxy) is 1. The number of piperidine rings is 1. The van der Waals surface area contributed by atoms with E-state index in [1.165, 1.54) is 0 Å². The van der Waals surface area contributed by atoms with Crippen LogP contribution >= 0.6 is 22.9 Å². The van der Waals surface area contributed by atoms with E-state index >= 15 is 0 Å². The zero-order valence-electron chi connectivity index (χ0n) is 24.0. The van der Waals surface area contributed by atoms with Gasteiger partial charge in [-0.1, -0.05) is 11.6 Å². The van der Waals surface area contributed by atoms with Gasteiger partial charge in [0, 0.05) is 82.0 Å². The van der Waals surface area contributed by atoms with Gasteiger partial charge in [0.15, 0.2) is 0 Å². The molecule has 2 aromatic carbocycles. The number of hydrogen-bond donors (Lipinski definition) is 1. The molecule has 2 saturated heterocycles. The lowest BCUT2D eigenvalue weighted by Crippen LogP contribution is -2.49. The van der Waals surface area contributed by atoms with E-state index in [9.17, 15) is 4.79 Å². The van der Waals surface area contributed by atoms with E-state index in [-0.39, 0.29) is 18.0 Å². The van der Waals surface area contributed by atoms with Crippen molar-refractivity contribution in [1.82, 2.24) is 24.4 Å².